The van der Waals surface area contributed by atoms with E-state index in [0.29, 0.717) is 5.56 Å². The molecule has 1 aliphatic rings. The van der Waals surface area contributed by atoms with E-state index in [1.807, 2.05) is 30.3 Å². The Morgan fingerprint density at radius 2 is 2.20 bits per heavy atom. The highest BCUT2D eigenvalue weighted by molar-refractivity contribution is 5.94. The minimum atomic E-state index is -0.211. The first-order chi connectivity index (χ1) is 7.33. The van der Waals surface area contributed by atoms with Crippen molar-refractivity contribution in [2.75, 3.05) is 0 Å². The first kappa shape index (κ1) is 9.97. The van der Waals surface area contributed by atoms with Gasteiger partial charge in [0.05, 0.1) is 5.56 Å². The van der Waals surface area contributed by atoms with Crippen molar-refractivity contribution in [2.24, 2.45) is 0 Å². The van der Waals surface area contributed by atoms with Crippen molar-refractivity contribution in [1.82, 2.24) is 0 Å². The van der Waals surface area contributed by atoms with Gasteiger partial charge in [-0.3, -0.25) is 0 Å². The summed E-state index contributed by atoms with van der Waals surface area (Å²) < 4.78 is 5.25. The lowest BCUT2D eigenvalue weighted by molar-refractivity contribution is 0.0467. The minimum Gasteiger partial charge on any atom is -0.450 e. The number of cyclic esters (lactones) is 1. The van der Waals surface area contributed by atoms with E-state index in [1.54, 1.807) is 0 Å². The Morgan fingerprint density at radius 1 is 1.40 bits per heavy atom. The fourth-order valence-corrected chi connectivity index (χ4v) is 1.70. The maximum atomic E-state index is 11.5. The van der Waals surface area contributed by atoms with Gasteiger partial charge in [-0.2, -0.15) is 0 Å². The Balaban J connectivity index is 2.21. The number of hydrogen-bond acceptors (Lipinski definition) is 2. The van der Waals surface area contributed by atoms with Crippen molar-refractivity contribution >= 4 is 5.97 Å². The van der Waals surface area contributed by atoms with E-state index in [-0.39, 0.29) is 12.1 Å². The van der Waals surface area contributed by atoms with Crippen LogP contribution in [0.15, 0.2) is 36.4 Å². The molecule has 0 radical (unpaired) electrons. The Hall–Kier alpha value is -1.57. The third-order valence-corrected chi connectivity index (χ3v) is 2.49. The minimum absolute atomic E-state index is 0.180. The van der Waals surface area contributed by atoms with Crippen LogP contribution in [0.3, 0.4) is 0 Å². The highest BCUT2D eigenvalue weighted by Gasteiger charge is 2.28. The molecule has 1 heterocycles. The van der Waals surface area contributed by atoms with Gasteiger partial charge in [-0.1, -0.05) is 37.6 Å². The maximum absolute atomic E-state index is 11.5. The summed E-state index contributed by atoms with van der Waals surface area (Å²) in [7, 11) is 0. The van der Waals surface area contributed by atoms with Gasteiger partial charge in [0, 0.05) is 5.56 Å². The van der Waals surface area contributed by atoms with E-state index in [0.717, 1.165) is 18.4 Å². The zero-order chi connectivity index (χ0) is 10.7. The number of esters is 1. The second kappa shape index (κ2) is 4.30. The number of unbranched alkanes of at least 4 members (excludes halogenated alkanes) is 1. The second-order valence-corrected chi connectivity index (χ2v) is 3.63. The average molecular weight is 202 g/mol. The summed E-state index contributed by atoms with van der Waals surface area (Å²) in [6.45, 7) is 2.12. The first-order valence-corrected chi connectivity index (χ1v) is 5.29. The van der Waals surface area contributed by atoms with Crippen LogP contribution >= 0.6 is 0 Å². The standard InChI is InChI=1S/C13H14O2/c1-2-3-4-9-12-10-7-5-6-8-11(10)13(14)15-12/h4-9,12H,2-3H2,1H3. The van der Waals surface area contributed by atoms with Crippen molar-refractivity contribution in [2.45, 2.75) is 25.9 Å². The van der Waals surface area contributed by atoms with Crippen molar-refractivity contribution in [3.63, 3.8) is 0 Å². The van der Waals surface area contributed by atoms with Crippen LogP contribution in [0.2, 0.25) is 0 Å². The number of rotatable bonds is 3. The number of carbonyl (C=O) groups is 1. The molecule has 78 valence electrons. The van der Waals surface area contributed by atoms with Crippen molar-refractivity contribution < 1.29 is 9.53 Å². The molecule has 1 unspecified atom stereocenters. The Bertz CT molecular complexity index is 393. The predicted molar refractivity (Wildman–Crippen MR) is 58.6 cm³/mol. The molecule has 1 aliphatic heterocycles. The van der Waals surface area contributed by atoms with Gasteiger partial charge < -0.3 is 4.74 Å². The molecule has 2 nitrogen and oxygen atoms in total. The molecule has 0 aliphatic carbocycles. The number of ether oxygens (including phenoxy) is 1. The summed E-state index contributed by atoms with van der Waals surface area (Å²) in [6, 6.07) is 7.55. The van der Waals surface area contributed by atoms with Crippen molar-refractivity contribution in [1.29, 1.82) is 0 Å². The highest BCUT2D eigenvalue weighted by atomic mass is 16.5. The molecule has 0 bridgehead atoms. The van der Waals surface area contributed by atoms with E-state index in [4.69, 9.17) is 4.74 Å². The Morgan fingerprint density at radius 3 is 3.00 bits per heavy atom. The van der Waals surface area contributed by atoms with Crippen molar-refractivity contribution in [3.05, 3.63) is 47.5 Å². The number of fused-ring (bicyclic) bond motifs is 1. The van der Waals surface area contributed by atoms with E-state index >= 15 is 0 Å². The molecule has 1 aromatic carbocycles. The molecule has 0 aromatic heterocycles. The molecular formula is C13H14O2. The van der Waals surface area contributed by atoms with Crippen LogP contribution in [0, 0.1) is 0 Å². The normalized spacial score (nSPS) is 19.3. The summed E-state index contributed by atoms with van der Waals surface area (Å²) in [5.74, 6) is -0.211. The molecule has 1 atom stereocenters. The number of carbonyl (C=O) groups excluding carboxylic acids is 1. The molecule has 0 saturated carbocycles. The molecule has 1 aromatic rings. The third-order valence-electron chi connectivity index (χ3n) is 2.49. The monoisotopic (exact) mass is 202 g/mol. The zero-order valence-electron chi connectivity index (χ0n) is 8.77. The SMILES string of the molecule is CCCC=CC1OC(=O)c2ccccc21. The lowest BCUT2D eigenvalue weighted by Gasteiger charge is -2.03. The molecule has 0 N–H and O–H groups in total. The van der Waals surface area contributed by atoms with Crippen LogP contribution in [-0.4, -0.2) is 5.97 Å². The van der Waals surface area contributed by atoms with Crippen LogP contribution < -0.4 is 0 Å². The van der Waals surface area contributed by atoms with Crippen LogP contribution in [0.4, 0.5) is 0 Å². The Labute approximate surface area is 89.6 Å². The summed E-state index contributed by atoms with van der Waals surface area (Å²) in [5, 5.41) is 0. The summed E-state index contributed by atoms with van der Waals surface area (Å²) >= 11 is 0. The molecule has 0 saturated heterocycles. The van der Waals surface area contributed by atoms with E-state index in [2.05, 4.69) is 13.0 Å². The second-order valence-electron chi connectivity index (χ2n) is 3.63. The van der Waals surface area contributed by atoms with Gasteiger partial charge in [0.15, 0.2) is 0 Å². The smallest absolute Gasteiger partial charge is 0.339 e. The molecule has 15 heavy (non-hydrogen) atoms. The van der Waals surface area contributed by atoms with Crippen LogP contribution in [0.25, 0.3) is 0 Å². The summed E-state index contributed by atoms with van der Waals surface area (Å²) in [5.41, 5.74) is 1.68. The Kier molecular flexibility index (Phi) is 2.86. The van der Waals surface area contributed by atoms with Crippen LogP contribution in [0.5, 0.6) is 0 Å². The lowest BCUT2D eigenvalue weighted by Crippen LogP contribution is -1.95. The van der Waals surface area contributed by atoms with E-state index < -0.39 is 0 Å². The first-order valence-electron chi connectivity index (χ1n) is 5.29. The van der Waals surface area contributed by atoms with Gasteiger partial charge in [0.1, 0.15) is 6.10 Å². The molecule has 0 spiro atoms. The third kappa shape index (κ3) is 1.94. The van der Waals surface area contributed by atoms with Crippen LogP contribution in [0.1, 0.15) is 41.8 Å². The van der Waals surface area contributed by atoms with Gasteiger partial charge in [-0.05, 0) is 18.6 Å². The van der Waals surface area contributed by atoms with Crippen molar-refractivity contribution in [3.8, 4) is 0 Å². The lowest BCUT2D eigenvalue weighted by atomic mass is 10.0. The summed E-state index contributed by atoms with van der Waals surface area (Å²) in [4.78, 5) is 11.5. The van der Waals surface area contributed by atoms with Gasteiger partial charge in [-0.15, -0.1) is 0 Å². The quantitative estimate of drug-likeness (QED) is 0.555. The van der Waals surface area contributed by atoms with E-state index in [1.165, 1.54) is 0 Å². The van der Waals surface area contributed by atoms with E-state index in [9.17, 15) is 4.79 Å². The fraction of sp³-hybridized carbons (Fsp3) is 0.308. The molecule has 2 heteroatoms. The maximum Gasteiger partial charge on any atom is 0.339 e. The molecular weight excluding hydrogens is 188 g/mol. The van der Waals surface area contributed by atoms with Crippen LogP contribution in [-0.2, 0) is 4.74 Å². The number of hydrogen-bond donors (Lipinski definition) is 0. The van der Waals surface area contributed by atoms with Gasteiger partial charge >= 0.3 is 5.97 Å². The fourth-order valence-electron chi connectivity index (χ4n) is 1.70. The molecule has 0 amide bonds. The zero-order valence-corrected chi connectivity index (χ0v) is 8.77. The number of benzene rings is 1. The molecule has 2 rings (SSSR count). The predicted octanol–water partition coefficient (Wildman–Crippen LogP) is 3.25. The summed E-state index contributed by atoms with van der Waals surface area (Å²) in [6.07, 6.45) is 5.99. The van der Waals surface area contributed by atoms with Gasteiger partial charge in [0.25, 0.3) is 0 Å². The van der Waals surface area contributed by atoms with Gasteiger partial charge in [0.2, 0.25) is 0 Å². The van der Waals surface area contributed by atoms with Gasteiger partial charge in [-0.25, -0.2) is 4.79 Å². The topological polar surface area (TPSA) is 26.3 Å². The average Bonchev–Trinajstić information content (AvgIpc) is 2.58. The number of allylic oxidation sites excluding steroid dienone is 1. The highest BCUT2D eigenvalue weighted by Crippen LogP contribution is 2.31. The molecule has 0 fully saturated rings. The largest absolute Gasteiger partial charge is 0.450 e.